The van der Waals surface area contributed by atoms with Gasteiger partial charge in [-0.05, 0) is 11.1 Å². The van der Waals surface area contributed by atoms with Crippen molar-refractivity contribution >= 4 is 28.9 Å². The number of carbonyl (C=O) groups excluding carboxylic acids is 3. The summed E-state index contributed by atoms with van der Waals surface area (Å²) in [5.74, 6) is -0.167. The molecule has 0 bridgehead atoms. The lowest BCUT2D eigenvalue weighted by molar-refractivity contribution is -0.152. The number of amides is 2. The Morgan fingerprint density at radius 1 is 0.964 bits per heavy atom. The summed E-state index contributed by atoms with van der Waals surface area (Å²) in [5.41, 5.74) is 2.00. The maximum Gasteiger partial charge on any atom is 0.326 e. The molecule has 6 nitrogen and oxygen atoms in total. The summed E-state index contributed by atoms with van der Waals surface area (Å²) < 4.78 is 5.14. The van der Waals surface area contributed by atoms with Gasteiger partial charge in [-0.15, -0.1) is 0 Å². The highest BCUT2D eigenvalue weighted by Crippen LogP contribution is 2.16. The second-order valence-electron chi connectivity index (χ2n) is 6.42. The highest BCUT2D eigenvalue weighted by atomic mass is 32.2. The van der Waals surface area contributed by atoms with Crippen molar-refractivity contribution in [2.24, 2.45) is 0 Å². The first-order valence-electron chi connectivity index (χ1n) is 9.05. The van der Waals surface area contributed by atoms with Gasteiger partial charge in [-0.25, -0.2) is 0 Å². The second-order valence-corrected chi connectivity index (χ2v) is 7.46. The Hall–Kier alpha value is -2.80. The summed E-state index contributed by atoms with van der Waals surface area (Å²) in [6.07, 6.45) is 0. The third-order valence-corrected chi connectivity index (χ3v) is 5.20. The summed E-state index contributed by atoms with van der Waals surface area (Å²) in [6, 6.07) is 19.3. The van der Waals surface area contributed by atoms with Gasteiger partial charge >= 0.3 is 5.97 Å². The zero-order chi connectivity index (χ0) is 19.8. The molecule has 28 heavy (non-hydrogen) atoms. The van der Waals surface area contributed by atoms with Crippen molar-refractivity contribution in [2.45, 2.75) is 13.1 Å². The summed E-state index contributed by atoms with van der Waals surface area (Å²) in [7, 11) is 0. The van der Waals surface area contributed by atoms with Crippen molar-refractivity contribution in [1.29, 1.82) is 0 Å². The Morgan fingerprint density at radius 2 is 1.54 bits per heavy atom. The fourth-order valence-electron chi connectivity index (χ4n) is 2.84. The van der Waals surface area contributed by atoms with Crippen LogP contribution < -0.4 is 0 Å². The fraction of sp³-hybridized carbons (Fsp3) is 0.286. The minimum absolute atomic E-state index is 0.115. The number of hydrogen-bond acceptors (Lipinski definition) is 5. The van der Waals surface area contributed by atoms with E-state index in [1.165, 1.54) is 16.7 Å². The summed E-state index contributed by atoms with van der Waals surface area (Å²) in [6.45, 7) is 0.922. The van der Waals surface area contributed by atoms with E-state index in [1.54, 1.807) is 4.90 Å². The Labute approximate surface area is 168 Å². The first kappa shape index (κ1) is 19.9. The third kappa shape index (κ3) is 5.85. The van der Waals surface area contributed by atoms with E-state index in [1.807, 2.05) is 60.7 Å². The van der Waals surface area contributed by atoms with Gasteiger partial charge in [-0.3, -0.25) is 14.4 Å². The number of nitrogens with zero attached hydrogens (tertiary/aromatic N) is 2. The Bertz CT molecular complexity index is 772. The Kier molecular flexibility index (Phi) is 7.08. The standard InChI is InChI=1S/C21H22N2O4S/c24-19(16-27-20(25)15-22-11-12-28-21(22)26)23(13-17-7-3-1-4-8-17)14-18-9-5-2-6-10-18/h1-10H,11-16H2. The molecule has 1 fully saturated rings. The van der Waals surface area contributed by atoms with Crippen molar-refractivity contribution in [1.82, 2.24) is 9.80 Å². The molecule has 0 aliphatic carbocycles. The van der Waals surface area contributed by atoms with Gasteiger partial charge in [0.25, 0.3) is 11.1 Å². The van der Waals surface area contributed by atoms with Crippen LogP contribution in [0.1, 0.15) is 11.1 Å². The molecule has 1 aliphatic rings. The maximum absolute atomic E-state index is 12.7. The molecule has 0 atom stereocenters. The SMILES string of the molecule is O=C(CN1CCSC1=O)OCC(=O)N(Cc1ccccc1)Cc1ccccc1. The zero-order valence-corrected chi connectivity index (χ0v) is 16.3. The molecule has 0 radical (unpaired) electrons. The van der Waals surface area contributed by atoms with Crippen LogP contribution in [-0.2, 0) is 27.4 Å². The van der Waals surface area contributed by atoms with E-state index in [0.29, 0.717) is 25.4 Å². The van der Waals surface area contributed by atoms with Crippen LogP contribution in [0.3, 0.4) is 0 Å². The number of ether oxygens (including phenoxy) is 1. The first-order chi connectivity index (χ1) is 13.6. The molecule has 2 aromatic carbocycles. The number of hydrogen-bond donors (Lipinski definition) is 0. The molecular weight excluding hydrogens is 376 g/mol. The molecule has 2 amide bonds. The number of carbonyl (C=O) groups is 3. The molecule has 0 saturated carbocycles. The van der Waals surface area contributed by atoms with Crippen LogP contribution in [0.2, 0.25) is 0 Å². The minimum Gasteiger partial charge on any atom is -0.454 e. The molecular formula is C21H22N2O4S. The predicted octanol–water partition coefficient (Wildman–Crippen LogP) is 2.93. The number of thioether (sulfide) groups is 1. The van der Waals surface area contributed by atoms with Crippen LogP contribution in [0.25, 0.3) is 0 Å². The molecule has 1 saturated heterocycles. The molecule has 0 unspecified atom stereocenters. The largest absolute Gasteiger partial charge is 0.454 e. The zero-order valence-electron chi connectivity index (χ0n) is 15.5. The Balaban J connectivity index is 1.59. The summed E-state index contributed by atoms with van der Waals surface area (Å²) in [4.78, 5) is 39.4. The van der Waals surface area contributed by atoms with Crippen molar-refractivity contribution < 1.29 is 19.1 Å². The van der Waals surface area contributed by atoms with Crippen molar-refractivity contribution in [3.05, 3.63) is 71.8 Å². The highest BCUT2D eigenvalue weighted by molar-refractivity contribution is 8.13. The van der Waals surface area contributed by atoms with Crippen molar-refractivity contribution in [3.63, 3.8) is 0 Å². The second kappa shape index (κ2) is 9.94. The normalized spacial score (nSPS) is 13.4. The molecule has 3 rings (SSSR count). The van der Waals surface area contributed by atoms with E-state index >= 15 is 0 Å². The van der Waals surface area contributed by atoms with Gasteiger partial charge in [-0.2, -0.15) is 0 Å². The number of benzene rings is 2. The minimum atomic E-state index is -0.566. The summed E-state index contributed by atoms with van der Waals surface area (Å²) >= 11 is 1.18. The lowest BCUT2D eigenvalue weighted by atomic mass is 10.1. The molecule has 1 aliphatic heterocycles. The van der Waals surface area contributed by atoms with Crippen molar-refractivity contribution in [3.8, 4) is 0 Å². The van der Waals surface area contributed by atoms with Crippen LogP contribution in [0, 0.1) is 0 Å². The van der Waals surface area contributed by atoms with Gasteiger partial charge in [-0.1, -0.05) is 72.4 Å². The van der Waals surface area contributed by atoms with Crippen molar-refractivity contribution in [2.75, 3.05) is 25.4 Å². The van der Waals surface area contributed by atoms with E-state index < -0.39 is 5.97 Å². The quantitative estimate of drug-likeness (QED) is 0.640. The van der Waals surface area contributed by atoms with Gasteiger partial charge in [0.1, 0.15) is 6.54 Å². The molecule has 0 aromatic heterocycles. The van der Waals surface area contributed by atoms with Crippen LogP contribution in [-0.4, -0.2) is 52.4 Å². The van der Waals surface area contributed by atoms with E-state index in [2.05, 4.69) is 0 Å². The van der Waals surface area contributed by atoms with Crippen LogP contribution >= 0.6 is 11.8 Å². The molecule has 2 aromatic rings. The molecule has 0 N–H and O–H groups in total. The van der Waals surface area contributed by atoms with Gasteiger partial charge in [0.2, 0.25) is 0 Å². The summed E-state index contributed by atoms with van der Waals surface area (Å²) in [5, 5.41) is -0.127. The fourth-order valence-corrected chi connectivity index (χ4v) is 3.67. The van der Waals surface area contributed by atoms with Gasteiger partial charge in [0.05, 0.1) is 0 Å². The Morgan fingerprint density at radius 3 is 2.04 bits per heavy atom. The van der Waals surface area contributed by atoms with E-state index in [0.717, 1.165) is 11.1 Å². The monoisotopic (exact) mass is 398 g/mol. The third-order valence-electron chi connectivity index (χ3n) is 4.31. The van der Waals surface area contributed by atoms with Crippen LogP contribution in [0.4, 0.5) is 4.79 Å². The molecule has 0 spiro atoms. The van der Waals surface area contributed by atoms with Crippen LogP contribution in [0.5, 0.6) is 0 Å². The lowest BCUT2D eigenvalue weighted by Gasteiger charge is -2.23. The molecule has 7 heteroatoms. The maximum atomic E-state index is 12.7. The van der Waals surface area contributed by atoms with E-state index in [9.17, 15) is 14.4 Å². The number of rotatable bonds is 8. The predicted molar refractivity (Wildman–Crippen MR) is 108 cm³/mol. The molecule has 146 valence electrons. The average molecular weight is 398 g/mol. The average Bonchev–Trinajstić information content (AvgIpc) is 3.11. The highest BCUT2D eigenvalue weighted by Gasteiger charge is 2.24. The van der Waals surface area contributed by atoms with E-state index in [-0.39, 0.29) is 24.3 Å². The molecule has 1 heterocycles. The van der Waals surface area contributed by atoms with E-state index in [4.69, 9.17) is 4.74 Å². The van der Waals surface area contributed by atoms with Gasteiger partial charge in [0, 0.05) is 25.4 Å². The first-order valence-corrected chi connectivity index (χ1v) is 10.0. The topological polar surface area (TPSA) is 66.9 Å². The smallest absolute Gasteiger partial charge is 0.326 e. The number of esters is 1. The lowest BCUT2D eigenvalue weighted by Crippen LogP contribution is -2.36. The van der Waals surface area contributed by atoms with Gasteiger partial charge in [0.15, 0.2) is 6.61 Å². The van der Waals surface area contributed by atoms with Gasteiger partial charge < -0.3 is 14.5 Å². The van der Waals surface area contributed by atoms with Crippen LogP contribution in [0.15, 0.2) is 60.7 Å².